The molecule has 13 rings (SSSR count). The number of hydrogen-bond acceptors (Lipinski definition) is 3. The SMILES string of the molecule is C1=CC2C(C=C1C1CC=C(N(c3ccc(-c4ccccc4)cc3)c3ccc4c5c(cccc35)-c3ccccc3-4)CC1)c1ccccc1N2c1cccc2c1oc1ccccc12. The molecule has 0 radical (unpaired) electrons. The minimum Gasteiger partial charge on any atom is -0.454 e. The maximum atomic E-state index is 6.59. The molecule has 0 amide bonds. The van der Waals surface area contributed by atoms with Gasteiger partial charge >= 0.3 is 0 Å². The van der Waals surface area contributed by atoms with Gasteiger partial charge in [-0.15, -0.1) is 0 Å². The number of furan rings is 1. The zero-order valence-corrected chi connectivity index (χ0v) is 33.7. The fourth-order valence-electron chi connectivity index (χ4n) is 11.1. The zero-order valence-electron chi connectivity index (χ0n) is 33.7. The molecule has 0 saturated heterocycles. The van der Waals surface area contributed by atoms with Crippen LogP contribution < -0.4 is 9.80 Å². The average Bonchev–Trinajstić information content (AvgIpc) is 3.99. The second-order valence-corrected chi connectivity index (χ2v) is 17.0. The molecule has 3 aliphatic carbocycles. The van der Waals surface area contributed by atoms with Crippen LogP contribution in [0, 0.1) is 5.92 Å². The Labute approximate surface area is 355 Å². The van der Waals surface area contributed by atoms with Crippen molar-refractivity contribution in [3.05, 3.63) is 217 Å². The lowest BCUT2D eigenvalue weighted by Gasteiger charge is -2.35. The van der Waals surface area contributed by atoms with Gasteiger partial charge in [-0.25, -0.2) is 0 Å². The molecule has 3 nitrogen and oxygen atoms in total. The van der Waals surface area contributed by atoms with Crippen molar-refractivity contribution < 1.29 is 4.42 Å². The predicted molar refractivity (Wildman–Crippen MR) is 254 cm³/mol. The van der Waals surface area contributed by atoms with Gasteiger partial charge in [-0.05, 0) is 111 Å². The third kappa shape index (κ3) is 5.30. The van der Waals surface area contributed by atoms with Crippen molar-refractivity contribution in [2.24, 2.45) is 5.92 Å². The summed E-state index contributed by atoms with van der Waals surface area (Å²) in [4.78, 5) is 5.08. The first-order valence-electron chi connectivity index (χ1n) is 21.8. The average molecular weight is 783 g/mol. The largest absolute Gasteiger partial charge is 0.454 e. The second-order valence-electron chi connectivity index (χ2n) is 17.0. The number of para-hydroxylation sites is 3. The fraction of sp³-hybridized carbons (Fsp3) is 0.103. The van der Waals surface area contributed by atoms with Crippen LogP contribution in [0.1, 0.15) is 30.7 Å². The summed E-state index contributed by atoms with van der Waals surface area (Å²) in [7, 11) is 0. The number of benzene rings is 8. The highest BCUT2D eigenvalue weighted by Gasteiger charge is 2.40. The molecule has 9 aromatic rings. The van der Waals surface area contributed by atoms with Crippen molar-refractivity contribution in [3.63, 3.8) is 0 Å². The summed E-state index contributed by atoms with van der Waals surface area (Å²) in [5.41, 5.74) is 18.7. The second kappa shape index (κ2) is 13.6. The molecule has 0 bridgehead atoms. The molecule has 1 aromatic heterocycles. The van der Waals surface area contributed by atoms with E-state index >= 15 is 0 Å². The molecule has 3 atom stereocenters. The van der Waals surface area contributed by atoms with Gasteiger partial charge in [-0.1, -0.05) is 164 Å². The van der Waals surface area contributed by atoms with Gasteiger partial charge in [0.1, 0.15) is 5.58 Å². The predicted octanol–water partition coefficient (Wildman–Crippen LogP) is 15.7. The molecule has 8 aromatic carbocycles. The summed E-state index contributed by atoms with van der Waals surface area (Å²) in [6.07, 6.45) is 13.1. The Morgan fingerprint density at radius 3 is 2.10 bits per heavy atom. The van der Waals surface area contributed by atoms with E-state index in [1.54, 1.807) is 0 Å². The first-order valence-corrected chi connectivity index (χ1v) is 21.8. The number of rotatable bonds is 6. The summed E-state index contributed by atoms with van der Waals surface area (Å²) in [5, 5.41) is 4.98. The molecule has 3 heteroatoms. The summed E-state index contributed by atoms with van der Waals surface area (Å²) < 4.78 is 6.59. The number of hydrogen-bond donors (Lipinski definition) is 0. The van der Waals surface area contributed by atoms with Crippen LogP contribution in [0.3, 0.4) is 0 Å². The van der Waals surface area contributed by atoms with Crippen LogP contribution in [0.5, 0.6) is 0 Å². The molecule has 4 aliphatic rings. The summed E-state index contributed by atoms with van der Waals surface area (Å²) >= 11 is 0. The Balaban J connectivity index is 0.859. The van der Waals surface area contributed by atoms with E-state index in [9.17, 15) is 0 Å². The summed E-state index contributed by atoms with van der Waals surface area (Å²) in [6, 6.07) is 64.5. The highest BCUT2D eigenvalue weighted by molar-refractivity contribution is 6.19. The molecular weight excluding hydrogens is 741 g/mol. The van der Waals surface area contributed by atoms with Crippen LogP contribution in [0.2, 0.25) is 0 Å². The van der Waals surface area contributed by atoms with E-state index in [-0.39, 0.29) is 12.0 Å². The molecule has 290 valence electrons. The molecule has 0 saturated carbocycles. The number of allylic oxidation sites excluding steroid dienone is 4. The fourth-order valence-corrected chi connectivity index (χ4v) is 11.1. The number of fused-ring (bicyclic) bond motifs is 9. The van der Waals surface area contributed by atoms with Gasteiger partial charge in [0.25, 0.3) is 0 Å². The molecule has 2 heterocycles. The number of anilines is 4. The van der Waals surface area contributed by atoms with Gasteiger partial charge in [-0.2, -0.15) is 0 Å². The highest BCUT2D eigenvalue weighted by Crippen LogP contribution is 2.53. The lowest BCUT2D eigenvalue weighted by molar-refractivity contribution is 0.536. The lowest BCUT2D eigenvalue weighted by atomic mass is 9.79. The standard InChI is InChI=1S/C58H42N2O/c1-2-12-37(13-3-1)38-24-29-41(30-25-38)59(53-35-33-48-44-15-5-4-14-43(44)47-18-10-20-50(53)57(47)48)42-31-26-39(27-32-42)40-28-34-54-51(36-40)45-16-6-8-21-52(45)60(54)55-22-11-19-49-46-17-7-9-23-56(46)61-58(49)55/h1-25,28-31,33-36,39,51,54H,26-27,32H2. The molecular formula is C58H42N2O. The Kier molecular flexibility index (Phi) is 7.68. The molecule has 3 unspecified atom stereocenters. The van der Waals surface area contributed by atoms with E-state index in [0.717, 1.165) is 41.5 Å². The van der Waals surface area contributed by atoms with Gasteiger partial charge in [-0.3, -0.25) is 0 Å². The molecule has 0 fully saturated rings. The van der Waals surface area contributed by atoms with Crippen molar-refractivity contribution in [1.82, 2.24) is 0 Å². The monoisotopic (exact) mass is 782 g/mol. The van der Waals surface area contributed by atoms with Crippen molar-refractivity contribution in [1.29, 1.82) is 0 Å². The first kappa shape index (κ1) is 34.5. The van der Waals surface area contributed by atoms with Gasteiger partial charge in [0.2, 0.25) is 0 Å². The molecule has 61 heavy (non-hydrogen) atoms. The van der Waals surface area contributed by atoms with E-state index in [1.807, 2.05) is 0 Å². The minimum atomic E-state index is 0.180. The third-order valence-electron chi connectivity index (χ3n) is 13.9. The first-order chi connectivity index (χ1) is 30.3. The molecule has 1 aliphatic heterocycles. The zero-order chi connectivity index (χ0) is 40.0. The smallest absolute Gasteiger partial charge is 0.159 e. The Bertz CT molecular complexity index is 3280. The van der Waals surface area contributed by atoms with Crippen LogP contribution in [-0.4, -0.2) is 6.04 Å². The van der Waals surface area contributed by atoms with Crippen molar-refractivity contribution in [2.45, 2.75) is 31.2 Å². The van der Waals surface area contributed by atoms with E-state index < -0.39 is 0 Å². The Hall–Kier alpha value is -7.36. The van der Waals surface area contributed by atoms with Crippen LogP contribution in [0.15, 0.2) is 216 Å². The maximum Gasteiger partial charge on any atom is 0.159 e. The van der Waals surface area contributed by atoms with E-state index in [0.29, 0.717) is 5.92 Å². The molecule has 0 spiro atoms. The van der Waals surface area contributed by atoms with E-state index in [1.165, 1.54) is 83.4 Å². The maximum absolute atomic E-state index is 6.59. The summed E-state index contributed by atoms with van der Waals surface area (Å²) in [6.45, 7) is 0. The molecule has 0 N–H and O–H groups in total. The quantitative estimate of drug-likeness (QED) is 0.167. The van der Waals surface area contributed by atoms with E-state index in [2.05, 4.69) is 210 Å². The van der Waals surface area contributed by atoms with Crippen LogP contribution in [-0.2, 0) is 0 Å². The van der Waals surface area contributed by atoms with Crippen LogP contribution >= 0.6 is 0 Å². The van der Waals surface area contributed by atoms with Gasteiger partial charge in [0.15, 0.2) is 5.58 Å². The highest BCUT2D eigenvalue weighted by atomic mass is 16.3. The lowest BCUT2D eigenvalue weighted by Crippen LogP contribution is -2.30. The Morgan fingerprint density at radius 1 is 0.557 bits per heavy atom. The van der Waals surface area contributed by atoms with Gasteiger partial charge < -0.3 is 14.2 Å². The van der Waals surface area contributed by atoms with Crippen LogP contribution in [0.25, 0.3) is 66.1 Å². The Morgan fingerprint density at radius 2 is 1.25 bits per heavy atom. The van der Waals surface area contributed by atoms with Crippen LogP contribution in [0.4, 0.5) is 22.7 Å². The van der Waals surface area contributed by atoms with Crippen molar-refractivity contribution in [2.75, 3.05) is 9.80 Å². The third-order valence-corrected chi connectivity index (χ3v) is 13.9. The van der Waals surface area contributed by atoms with Gasteiger partial charge in [0, 0.05) is 39.1 Å². The van der Waals surface area contributed by atoms with Gasteiger partial charge in [0.05, 0.1) is 17.4 Å². The normalized spacial score (nSPS) is 18.6. The topological polar surface area (TPSA) is 19.6 Å². The van der Waals surface area contributed by atoms with Crippen molar-refractivity contribution in [3.8, 4) is 33.4 Å². The van der Waals surface area contributed by atoms with E-state index in [4.69, 9.17) is 4.42 Å². The number of nitrogens with zero attached hydrogens (tertiary/aromatic N) is 2. The minimum absolute atomic E-state index is 0.180. The van der Waals surface area contributed by atoms with Crippen molar-refractivity contribution >= 4 is 55.5 Å². The summed E-state index contributed by atoms with van der Waals surface area (Å²) in [5.74, 6) is 0.712.